The minimum Gasteiger partial charge on any atom is -0.451 e. The van der Waals surface area contributed by atoms with Crippen molar-refractivity contribution >= 4 is 17.7 Å². The van der Waals surface area contributed by atoms with Crippen molar-refractivity contribution in [2.24, 2.45) is 0 Å². The molecule has 2 aromatic rings. The lowest BCUT2D eigenvalue weighted by atomic mass is 10.0. The molecule has 2 unspecified atom stereocenters. The summed E-state index contributed by atoms with van der Waals surface area (Å²) in [5.74, 6) is 0.747. The Morgan fingerprint density at radius 3 is 2.13 bits per heavy atom. The highest BCUT2D eigenvalue weighted by Crippen LogP contribution is 2.39. The van der Waals surface area contributed by atoms with Crippen LogP contribution in [0.25, 0.3) is 0 Å². The quantitative estimate of drug-likeness (QED) is 0.805. The van der Waals surface area contributed by atoms with E-state index >= 15 is 0 Å². The highest BCUT2D eigenvalue weighted by atomic mass is 32.2. The van der Waals surface area contributed by atoms with Crippen molar-refractivity contribution < 1.29 is 9.53 Å². The van der Waals surface area contributed by atoms with Gasteiger partial charge in [-0.2, -0.15) is 0 Å². The third kappa shape index (κ3) is 2.89. The maximum atomic E-state index is 12.7. The number of rotatable bonds is 4. The standard InChI is InChI=1S/C19H19NO2S/c21-19(16-13-23-17-11-12-20(16)17)22-18(14-7-3-1-4-8-14)15-9-5-2-6-10-15/h1-10,16-18H,11-13H2. The van der Waals surface area contributed by atoms with Crippen LogP contribution in [0.2, 0.25) is 0 Å². The first-order valence-electron chi connectivity index (χ1n) is 8.00. The summed E-state index contributed by atoms with van der Waals surface area (Å²) >= 11 is 1.87. The van der Waals surface area contributed by atoms with Crippen LogP contribution in [0.15, 0.2) is 60.7 Å². The van der Waals surface area contributed by atoms with Gasteiger partial charge in [-0.1, -0.05) is 60.7 Å². The molecule has 0 aliphatic carbocycles. The van der Waals surface area contributed by atoms with E-state index in [0.717, 1.165) is 23.4 Å². The number of benzene rings is 2. The maximum absolute atomic E-state index is 12.7. The van der Waals surface area contributed by atoms with Crippen LogP contribution in [-0.4, -0.2) is 34.6 Å². The van der Waals surface area contributed by atoms with Gasteiger partial charge < -0.3 is 4.74 Å². The summed E-state index contributed by atoms with van der Waals surface area (Å²) in [6.45, 7) is 1.01. The van der Waals surface area contributed by atoms with Gasteiger partial charge in [-0.05, 0) is 17.5 Å². The van der Waals surface area contributed by atoms with Gasteiger partial charge in [0, 0.05) is 12.3 Å². The fourth-order valence-corrected chi connectivity index (χ4v) is 4.65. The van der Waals surface area contributed by atoms with Gasteiger partial charge in [-0.15, -0.1) is 11.8 Å². The van der Waals surface area contributed by atoms with Crippen LogP contribution >= 0.6 is 11.8 Å². The molecule has 4 heteroatoms. The average Bonchev–Trinajstić information content (AvgIpc) is 2.88. The third-order valence-electron chi connectivity index (χ3n) is 4.56. The van der Waals surface area contributed by atoms with Gasteiger partial charge in [-0.3, -0.25) is 9.69 Å². The zero-order chi connectivity index (χ0) is 15.6. The lowest BCUT2D eigenvalue weighted by molar-refractivity contribution is -0.154. The van der Waals surface area contributed by atoms with Crippen LogP contribution in [0.1, 0.15) is 23.7 Å². The molecule has 0 saturated carbocycles. The molecule has 2 aliphatic heterocycles. The number of carbonyl (C=O) groups excluding carboxylic acids is 1. The maximum Gasteiger partial charge on any atom is 0.325 e. The third-order valence-corrected chi connectivity index (χ3v) is 5.96. The summed E-state index contributed by atoms with van der Waals surface area (Å²) in [4.78, 5) is 15.0. The van der Waals surface area contributed by atoms with Gasteiger partial charge in [0.25, 0.3) is 0 Å². The highest BCUT2D eigenvalue weighted by Gasteiger charge is 2.45. The van der Waals surface area contributed by atoms with Crippen molar-refractivity contribution in [2.75, 3.05) is 12.3 Å². The lowest BCUT2D eigenvalue weighted by Gasteiger charge is -2.37. The van der Waals surface area contributed by atoms with E-state index in [0.29, 0.717) is 5.37 Å². The number of thioether (sulfide) groups is 1. The Morgan fingerprint density at radius 1 is 1.04 bits per heavy atom. The largest absolute Gasteiger partial charge is 0.451 e. The summed E-state index contributed by atoms with van der Waals surface area (Å²) in [6.07, 6.45) is 0.852. The van der Waals surface area contributed by atoms with Gasteiger partial charge in [0.1, 0.15) is 6.04 Å². The van der Waals surface area contributed by atoms with Crippen LogP contribution in [-0.2, 0) is 9.53 Å². The van der Waals surface area contributed by atoms with E-state index in [1.807, 2.05) is 72.4 Å². The van der Waals surface area contributed by atoms with Gasteiger partial charge in [-0.25, -0.2) is 0 Å². The smallest absolute Gasteiger partial charge is 0.325 e. The van der Waals surface area contributed by atoms with E-state index in [2.05, 4.69) is 4.90 Å². The second-order valence-electron chi connectivity index (χ2n) is 5.97. The fraction of sp³-hybridized carbons (Fsp3) is 0.316. The first-order valence-corrected chi connectivity index (χ1v) is 9.05. The molecular formula is C19H19NO2S. The number of hydrogen-bond acceptors (Lipinski definition) is 4. The molecule has 0 aromatic heterocycles. The molecule has 118 valence electrons. The molecule has 4 rings (SSSR count). The summed E-state index contributed by atoms with van der Waals surface area (Å²) in [5.41, 5.74) is 2.02. The number of hydrogen-bond donors (Lipinski definition) is 0. The zero-order valence-electron chi connectivity index (χ0n) is 12.8. The molecule has 0 spiro atoms. The Balaban J connectivity index is 1.57. The predicted molar refractivity (Wildman–Crippen MR) is 92.2 cm³/mol. The Labute approximate surface area is 140 Å². The van der Waals surface area contributed by atoms with E-state index in [1.165, 1.54) is 6.42 Å². The van der Waals surface area contributed by atoms with Gasteiger partial charge in [0.15, 0.2) is 6.10 Å². The second-order valence-corrected chi connectivity index (χ2v) is 7.18. The summed E-state index contributed by atoms with van der Waals surface area (Å²) in [5, 5.41) is 0.527. The summed E-state index contributed by atoms with van der Waals surface area (Å²) in [7, 11) is 0. The van der Waals surface area contributed by atoms with Crippen molar-refractivity contribution in [1.82, 2.24) is 4.90 Å². The number of nitrogens with zero attached hydrogens (tertiary/aromatic N) is 1. The van der Waals surface area contributed by atoms with Crippen LogP contribution in [0.3, 0.4) is 0 Å². The Bertz CT molecular complexity index is 637. The molecule has 0 amide bonds. The topological polar surface area (TPSA) is 29.5 Å². The van der Waals surface area contributed by atoms with Crippen LogP contribution in [0, 0.1) is 0 Å². The molecule has 2 saturated heterocycles. The predicted octanol–water partition coefficient (Wildman–Crippen LogP) is 3.47. The van der Waals surface area contributed by atoms with E-state index in [4.69, 9.17) is 4.74 Å². The van der Waals surface area contributed by atoms with E-state index in [-0.39, 0.29) is 18.1 Å². The molecule has 0 radical (unpaired) electrons. The lowest BCUT2D eigenvalue weighted by Crippen LogP contribution is -2.50. The van der Waals surface area contributed by atoms with E-state index in [1.54, 1.807) is 0 Å². The molecule has 3 nitrogen and oxygen atoms in total. The second kappa shape index (κ2) is 6.38. The highest BCUT2D eigenvalue weighted by molar-refractivity contribution is 8.00. The first-order chi connectivity index (χ1) is 11.3. The summed E-state index contributed by atoms with van der Waals surface area (Å²) in [6, 6.07) is 19.9. The Kier molecular flexibility index (Phi) is 4.10. The summed E-state index contributed by atoms with van der Waals surface area (Å²) < 4.78 is 5.97. The van der Waals surface area contributed by atoms with E-state index in [9.17, 15) is 4.79 Å². The normalized spacial score (nSPS) is 23.3. The molecule has 0 N–H and O–H groups in total. The van der Waals surface area contributed by atoms with Crippen LogP contribution in [0.4, 0.5) is 0 Å². The molecule has 2 aromatic carbocycles. The van der Waals surface area contributed by atoms with Crippen molar-refractivity contribution in [2.45, 2.75) is 23.9 Å². The number of carbonyl (C=O) groups is 1. The van der Waals surface area contributed by atoms with Gasteiger partial charge in [0.05, 0.1) is 5.37 Å². The molecule has 2 atom stereocenters. The Morgan fingerprint density at radius 2 is 1.65 bits per heavy atom. The molecule has 2 aliphatic rings. The van der Waals surface area contributed by atoms with Gasteiger partial charge in [0.2, 0.25) is 0 Å². The monoisotopic (exact) mass is 325 g/mol. The van der Waals surface area contributed by atoms with Crippen LogP contribution in [0.5, 0.6) is 0 Å². The number of fused-ring (bicyclic) bond motifs is 1. The van der Waals surface area contributed by atoms with Crippen molar-refractivity contribution in [3.05, 3.63) is 71.8 Å². The average molecular weight is 325 g/mol. The molecule has 23 heavy (non-hydrogen) atoms. The van der Waals surface area contributed by atoms with Gasteiger partial charge >= 0.3 is 5.97 Å². The first kappa shape index (κ1) is 14.8. The van der Waals surface area contributed by atoms with E-state index < -0.39 is 0 Å². The number of esters is 1. The number of ether oxygens (including phenoxy) is 1. The minimum absolute atomic E-state index is 0.0892. The van der Waals surface area contributed by atoms with Crippen molar-refractivity contribution in [1.29, 1.82) is 0 Å². The minimum atomic E-state index is -0.338. The van der Waals surface area contributed by atoms with Crippen molar-refractivity contribution in [3.63, 3.8) is 0 Å². The molecule has 2 heterocycles. The van der Waals surface area contributed by atoms with Crippen molar-refractivity contribution in [3.8, 4) is 0 Å². The fourth-order valence-electron chi connectivity index (χ4n) is 3.20. The zero-order valence-corrected chi connectivity index (χ0v) is 13.6. The van der Waals surface area contributed by atoms with Crippen LogP contribution < -0.4 is 0 Å². The SMILES string of the molecule is O=C(OC(c1ccccc1)c1ccccc1)C1CSC2CCN21. The molecule has 2 fully saturated rings. The Hall–Kier alpha value is -1.78. The molecular weight excluding hydrogens is 306 g/mol. The molecule has 0 bridgehead atoms.